The zero-order valence-corrected chi connectivity index (χ0v) is 8.37. The Balaban J connectivity index is 2.10. The van der Waals surface area contributed by atoms with E-state index < -0.39 is 0 Å². The van der Waals surface area contributed by atoms with Gasteiger partial charge < -0.3 is 4.79 Å². The third-order valence-corrected chi connectivity index (χ3v) is 3.61. The third kappa shape index (κ3) is 3.97. The van der Waals surface area contributed by atoms with E-state index in [4.69, 9.17) is 0 Å². The summed E-state index contributed by atoms with van der Waals surface area (Å²) in [4.78, 5) is 14.3. The van der Waals surface area contributed by atoms with Crippen LogP contribution in [0.1, 0.15) is 12.8 Å². The smallest absolute Gasteiger partial charge is 0.120 e. The number of hydrogen-bond acceptors (Lipinski definition) is 4. The van der Waals surface area contributed by atoms with Crippen LogP contribution in [0, 0.1) is 0 Å². The van der Waals surface area contributed by atoms with Crippen molar-refractivity contribution in [3.05, 3.63) is 12.2 Å². The maximum Gasteiger partial charge on any atom is 0.120 e. The van der Waals surface area contributed by atoms with Gasteiger partial charge in [-0.25, -0.2) is 0 Å². The first kappa shape index (κ1) is 9.86. The van der Waals surface area contributed by atoms with Crippen LogP contribution in [0.4, 0.5) is 0 Å². The normalized spacial score (nSPS) is 15.8. The van der Waals surface area contributed by atoms with Crippen molar-refractivity contribution in [3.8, 4) is 0 Å². The number of dihydropyridines is 1. The van der Waals surface area contributed by atoms with Crippen LogP contribution in [0.3, 0.4) is 0 Å². The molecule has 0 aromatic rings. The minimum Gasteiger partial charge on any atom is -0.303 e. The molecular formula is C8H11NOS2. The van der Waals surface area contributed by atoms with Gasteiger partial charge in [-0.2, -0.15) is 0 Å². The number of carbonyl (C=O) groups excluding carboxylic acids is 1. The maximum absolute atomic E-state index is 9.99. The molecule has 1 rings (SSSR count). The summed E-state index contributed by atoms with van der Waals surface area (Å²) in [5.74, 6) is 0.876. The Labute approximate surface area is 80.3 Å². The Hall–Kier alpha value is -0.220. The maximum atomic E-state index is 9.99. The fourth-order valence-corrected chi connectivity index (χ4v) is 2.66. The monoisotopic (exact) mass is 201 g/mol. The van der Waals surface area contributed by atoms with Gasteiger partial charge in [-0.3, -0.25) is 4.99 Å². The van der Waals surface area contributed by atoms with E-state index in [0.29, 0.717) is 6.42 Å². The molecule has 0 bridgehead atoms. The highest BCUT2D eigenvalue weighted by Crippen LogP contribution is 2.25. The Bertz CT molecular complexity index is 201. The van der Waals surface area contributed by atoms with E-state index in [0.717, 1.165) is 30.0 Å². The van der Waals surface area contributed by atoms with Crippen LogP contribution in [0.5, 0.6) is 0 Å². The summed E-state index contributed by atoms with van der Waals surface area (Å²) in [5.41, 5.74) is 0. The van der Waals surface area contributed by atoms with Crippen LogP contribution in [0.2, 0.25) is 0 Å². The average Bonchev–Trinajstić information content (AvgIpc) is 2.14. The lowest BCUT2D eigenvalue weighted by Gasteiger charge is -2.03. The minimum absolute atomic E-state index is 0.634. The Morgan fingerprint density at radius 3 is 3.25 bits per heavy atom. The first-order valence-corrected chi connectivity index (χ1v) is 6.19. The SMILES string of the molecule is O=CCCSSC1=NCCC=C1. The van der Waals surface area contributed by atoms with Gasteiger partial charge in [0.2, 0.25) is 0 Å². The first-order valence-electron chi connectivity index (χ1n) is 3.87. The standard InChI is InChI=1S/C8H11NOS2/c10-6-3-7-11-12-8-4-1-2-5-9-8/h1,4,6H,2-3,5,7H2. The van der Waals surface area contributed by atoms with Crippen LogP contribution < -0.4 is 0 Å². The van der Waals surface area contributed by atoms with Crippen molar-refractivity contribution in [2.75, 3.05) is 12.3 Å². The van der Waals surface area contributed by atoms with Gasteiger partial charge in [-0.05, 0) is 23.3 Å². The molecule has 1 aliphatic heterocycles. The predicted octanol–water partition coefficient (Wildman–Crippen LogP) is 2.32. The number of hydrogen-bond donors (Lipinski definition) is 0. The van der Waals surface area contributed by atoms with Crippen molar-refractivity contribution in [2.24, 2.45) is 4.99 Å². The second-order valence-electron chi connectivity index (χ2n) is 2.27. The van der Waals surface area contributed by atoms with Gasteiger partial charge in [0.15, 0.2) is 0 Å². The van der Waals surface area contributed by atoms with E-state index in [2.05, 4.69) is 11.1 Å². The number of aldehydes is 1. The molecule has 0 fully saturated rings. The van der Waals surface area contributed by atoms with Crippen molar-refractivity contribution in [1.82, 2.24) is 0 Å². The molecule has 0 unspecified atom stereocenters. The van der Waals surface area contributed by atoms with Crippen LogP contribution in [0.15, 0.2) is 17.1 Å². The van der Waals surface area contributed by atoms with Crippen molar-refractivity contribution >= 4 is 32.9 Å². The molecule has 0 atom stereocenters. The van der Waals surface area contributed by atoms with Crippen LogP contribution >= 0.6 is 21.6 Å². The van der Waals surface area contributed by atoms with E-state index in [-0.39, 0.29) is 0 Å². The zero-order chi connectivity index (χ0) is 8.65. The molecule has 4 heteroatoms. The first-order chi connectivity index (χ1) is 5.93. The number of carbonyl (C=O) groups is 1. The Kier molecular flexibility index (Phi) is 5.19. The lowest BCUT2D eigenvalue weighted by Crippen LogP contribution is -1.93. The molecule has 0 N–H and O–H groups in total. The van der Waals surface area contributed by atoms with Gasteiger partial charge in [0, 0.05) is 18.7 Å². The van der Waals surface area contributed by atoms with Crippen molar-refractivity contribution < 1.29 is 4.79 Å². The molecule has 1 heterocycles. The molecule has 0 saturated carbocycles. The molecule has 0 spiro atoms. The second-order valence-corrected chi connectivity index (χ2v) is 4.71. The molecule has 0 radical (unpaired) electrons. The summed E-state index contributed by atoms with van der Waals surface area (Å²) < 4.78 is 0. The number of nitrogens with zero attached hydrogens (tertiary/aromatic N) is 1. The van der Waals surface area contributed by atoms with Gasteiger partial charge in [-0.1, -0.05) is 16.9 Å². The van der Waals surface area contributed by atoms with Crippen LogP contribution in [0.25, 0.3) is 0 Å². The molecule has 12 heavy (non-hydrogen) atoms. The highest BCUT2D eigenvalue weighted by atomic mass is 33.1. The summed E-state index contributed by atoms with van der Waals surface area (Å²) in [6.45, 7) is 0.910. The fourth-order valence-electron chi connectivity index (χ4n) is 0.739. The molecule has 2 nitrogen and oxygen atoms in total. The van der Waals surface area contributed by atoms with Crippen molar-refractivity contribution in [3.63, 3.8) is 0 Å². The van der Waals surface area contributed by atoms with Crippen molar-refractivity contribution in [1.29, 1.82) is 0 Å². The van der Waals surface area contributed by atoms with E-state index in [1.54, 1.807) is 21.6 Å². The molecule has 0 aromatic carbocycles. The predicted molar refractivity (Wildman–Crippen MR) is 56.8 cm³/mol. The third-order valence-electron chi connectivity index (χ3n) is 1.29. The number of rotatable bonds is 4. The Morgan fingerprint density at radius 2 is 2.58 bits per heavy atom. The molecule has 0 amide bonds. The lowest BCUT2D eigenvalue weighted by atomic mass is 10.3. The molecule has 0 aromatic heterocycles. The fraction of sp³-hybridized carbons (Fsp3) is 0.500. The highest BCUT2D eigenvalue weighted by Gasteiger charge is 1.99. The van der Waals surface area contributed by atoms with Gasteiger partial charge in [0.1, 0.15) is 11.3 Å². The summed E-state index contributed by atoms with van der Waals surface area (Å²) in [6, 6.07) is 0. The van der Waals surface area contributed by atoms with E-state index >= 15 is 0 Å². The molecule has 0 aliphatic carbocycles. The largest absolute Gasteiger partial charge is 0.303 e. The molecule has 66 valence electrons. The second kappa shape index (κ2) is 6.31. The summed E-state index contributed by atoms with van der Waals surface area (Å²) in [6.07, 6.45) is 6.82. The average molecular weight is 201 g/mol. The lowest BCUT2D eigenvalue weighted by molar-refractivity contribution is -0.107. The summed E-state index contributed by atoms with van der Waals surface area (Å²) >= 11 is 0. The summed E-state index contributed by atoms with van der Waals surface area (Å²) in [5, 5.41) is 1.08. The topological polar surface area (TPSA) is 29.4 Å². The van der Waals surface area contributed by atoms with E-state index in [1.165, 1.54) is 0 Å². The summed E-state index contributed by atoms with van der Waals surface area (Å²) in [7, 11) is 3.35. The van der Waals surface area contributed by atoms with E-state index in [1.807, 2.05) is 6.08 Å². The molecular weight excluding hydrogens is 190 g/mol. The Morgan fingerprint density at radius 1 is 1.67 bits per heavy atom. The minimum atomic E-state index is 0.634. The molecule has 1 aliphatic rings. The zero-order valence-electron chi connectivity index (χ0n) is 6.73. The van der Waals surface area contributed by atoms with E-state index in [9.17, 15) is 4.79 Å². The molecule has 0 saturated heterocycles. The number of aliphatic imine (C=N–C) groups is 1. The van der Waals surface area contributed by atoms with Gasteiger partial charge >= 0.3 is 0 Å². The quantitative estimate of drug-likeness (QED) is 0.397. The van der Waals surface area contributed by atoms with Gasteiger partial charge in [0.05, 0.1) is 0 Å². The van der Waals surface area contributed by atoms with Crippen LogP contribution in [-0.2, 0) is 4.79 Å². The van der Waals surface area contributed by atoms with Crippen molar-refractivity contribution in [2.45, 2.75) is 12.8 Å². The van der Waals surface area contributed by atoms with Crippen LogP contribution in [-0.4, -0.2) is 23.6 Å². The van der Waals surface area contributed by atoms with Gasteiger partial charge in [0.25, 0.3) is 0 Å². The van der Waals surface area contributed by atoms with Gasteiger partial charge in [-0.15, -0.1) is 0 Å². The highest BCUT2D eigenvalue weighted by molar-refractivity contribution is 8.82.